The molecule has 154 valence electrons. The molecule has 0 aromatic carbocycles. The quantitative estimate of drug-likeness (QED) is 0.195. The summed E-state index contributed by atoms with van der Waals surface area (Å²) >= 11 is 5.25. The van der Waals surface area contributed by atoms with E-state index in [0.29, 0.717) is 6.42 Å². The Hall–Kier alpha value is -1.54. The van der Waals surface area contributed by atoms with Crippen molar-refractivity contribution >= 4 is 48.3 Å². The van der Waals surface area contributed by atoms with E-state index in [1.807, 2.05) is 6.26 Å². The molecule has 0 aliphatic heterocycles. The minimum absolute atomic E-state index is 0.0231. The molecule has 0 aromatic heterocycles. The van der Waals surface area contributed by atoms with Crippen molar-refractivity contribution in [3.8, 4) is 0 Å². The Morgan fingerprint density at radius 3 is 1.46 bits per heavy atom. The van der Waals surface area contributed by atoms with Gasteiger partial charge in [0, 0.05) is 12.2 Å². The smallest absolute Gasteiger partial charge is 0.321 e. The second-order valence-corrected chi connectivity index (χ2v) is 6.08. The zero-order chi connectivity index (χ0) is 21.3. The summed E-state index contributed by atoms with van der Waals surface area (Å²) in [6.45, 7) is 0. The molecule has 0 rings (SSSR count). The largest absolute Gasteiger partial charge is 0.481 e. The predicted octanol–water partition coefficient (Wildman–Crippen LogP) is -1.26. The fraction of sp³-hybridized carbons (Fsp3) is 0.692. The van der Waals surface area contributed by atoms with Crippen molar-refractivity contribution in [2.24, 2.45) is 17.2 Å². The number of thioether (sulfide) groups is 1. The van der Waals surface area contributed by atoms with Gasteiger partial charge in [-0.25, -0.2) is 0 Å². The van der Waals surface area contributed by atoms with Crippen LogP contribution in [0, 0.1) is 0 Å². The fourth-order valence-electron chi connectivity index (χ4n) is 0.849. The SMILES string of the molecule is CSCC[C@H](N)C(=O)O.N[C@@H](CCC(=O)O)C(=O)O.N[C@@H](CS)C(=O)O. The monoisotopic (exact) mass is 417 g/mol. The van der Waals surface area contributed by atoms with E-state index in [4.69, 9.17) is 37.6 Å². The summed E-state index contributed by atoms with van der Waals surface area (Å²) in [5.74, 6) is -3.11. The third-order valence-electron chi connectivity index (χ3n) is 2.45. The van der Waals surface area contributed by atoms with Crippen LogP contribution in [0.15, 0.2) is 0 Å². The van der Waals surface area contributed by atoms with E-state index < -0.39 is 42.0 Å². The van der Waals surface area contributed by atoms with Crippen LogP contribution >= 0.6 is 24.4 Å². The molecule has 0 saturated heterocycles. The van der Waals surface area contributed by atoms with Gasteiger partial charge < -0.3 is 37.6 Å². The lowest BCUT2D eigenvalue weighted by atomic mass is 10.2. The van der Waals surface area contributed by atoms with Crippen LogP contribution in [0.25, 0.3) is 0 Å². The highest BCUT2D eigenvalue weighted by Crippen LogP contribution is 1.97. The Kier molecular flexibility index (Phi) is 20.5. The maximum Gasteiger partial charge on any atom is 0.321 e. The Balaban J connectivity index is -0.000000310. The number of aliphatic carboxylic acids is 4. The summed E-state index contributed by atoms with van der Waals surface area (Å²) in [5.41, 5.74) is 15.1. The molecule has 13 heteroatoms. The predicted molar refractivity (Wildman–Crippen MR) is 101 cm³/mol. The van der Waals surface area contributed by atoms with E-state index in [1.54, 1.807) is 11.8 Å². The Morgan fingerprint density at radius 2 is 1.23 bits per heavy atom. The summed E-state index contributed by atoms with van der Waals surface area (Å²) in [6.07, 6.45) is 2.25. The number of nitrogens with two attached hydrogens (primary N) is 3. The number of carboxylic acid groups (broad SMARTS) is 4. The fourth-order valence-corrected chi connectivity index (χ4v) is 1.49. The first-order valence-corrected chi connectivity index (χ1v) is 9.19. The first-order valence-electron chi connectivity index (χ1n) is 7.17. The highest BCUT2D eigenvalue weighted by atomic mass is 32.2. The van der Waals surface area contributed by atoms with Crippen molar-refractivity contribution < 1.29 is 39.6 Å². The van der Waals surface area contributed by atoms with Crippen molar-refractivity contribution in [3.63, 3.8) is 0 Å². The maximum absolute atomic E-state index is 10.1. The van der Waals surface area contributed by atoms with Gasteiger partial charge in [-0.1, -0.05) is 0 Å². The number of carbonyl (C=O) groups is 4. The maximum atomic E-state index is 10.1. The molecular weight excluding hydrogens is 390 g/mol. The second kappa shape index (κ2) is 18.3. The summed E-state index contributed by atoms with van der Waals surface area (Å²) < 4.78 is 0. The highest BCUT2D eigenvalue weighted by molar-refractivity contribution is 7.98. The van der Waals surface area contributed by atoms with Crippen molar-refractivity contribution in [2.45, 2.75) is 37.4 Å². The number of hydrogen-bond acceptors (Lipinski definition) is 9. The lowest BCUT2D eigenvalue weighted by Gasteiger charge is -2.02. The Labute approximate surface area is 160 Å². The third kappa shape index (κ3) is 22.5. The second-order valence-electron chi connectivity index (χ2n) is 4.73. The van der Waals surface area contributed by atoms with Crippen LogP contribution in [0.2, 0.25) is 0 Å². The molecule has 0 radical (unpaired) electrons. The third-order valence-corrected chi connectivity index (χ3v) is 3.49. The minimum atomic E-state index is -1.17. The van der Waals surface area contributed by atoms with Crippen molar-refractivity contribution in [2.75, 3.05) is 17.8 Å². The summed E-state index contributed by atoms with van der Waals surface area (Å²) in [4.78, 5) is 39.7. The molecule has 0 aromatic rings. The van der Waals surface area contributed by atoms with Gasteiger partial charge in [0.15, 0.2) is 0 Å². The van der Waals surface area contributed by atoms with Crippen LogP contribution in [0.1, 0.15) is 19.3 Å². The standard InChI is InChI=1S/C5H9NO4.C5H11NO2S.C3H7NO2S/c6-3(5(9)10)1-2-4(7)8;1-9-3-2-4(6)5(7)8;4-2(1-7)3(5)6/h3H,1-2,6H2,(H,7,8)(H,9,10);4H,2-3,6H2,1H3,(H,7,8);2,7H,1,4H2,(H,5,6)/t3-;4-;2-/m000/s1. The van der Waals surface area contributed by atoms with Gasteiger partial charge in [0.1, 0.15) is 18.1 Å². The molecule has 0 bridgehead atoms. The van der Waals surface area contributed by atoms with Crippen LogP contribution in [-0.4, -0.2) is 80.2 Å². The Bertz CT molecular complexity index is 440. The molecule has 11 nitrogen and oxygen atoms in total. The number of rotatable bonds is 10. The summed E-state index contributed by atoms with van der Waals surface area (Å²) in [6, 6.07) is -2.56. The lowest BCUT2D eigenvalue weighted by molar-refractivity contribution is -0.140. The van der Waals surface area contributed by atoms with Gasteiger partial charge in [-0.15, -0.1) is 0 Å². The molecular formula is C13H27N3O8S2. The van der Waals surface area contributed by atoms with Gasteiger partial charge in [0.25, 0.3) is 0 Å². The van der Waals surface area contributed by atoms with Gasteiger partial charge in [-0.2, -0.15) is 24.4 Å². The molecule has 0 heterocycles. The first-order chi connectivity index (χ1) is 11.9. The van der Waals surface area contributed by atoms with Crippen LogP contribution in [-0.2, 0) is 19.2 Å². The van der Waals surface area contributed by atoms with E-state index in [-0.39, 0.29) is 18.6 Å². The first kappa shape index (κ1) is 29.2. The normalized spacial score (nSPS) is 13.0. The molecule has 0 aliphatic rings. The van der Waals surface area contributed by atoms with Crippen LogP contribution in [0.4, 0.5) is 0 Å². The minimum Gasteiger partial charge on any atom is -0.481 e. The van der Waals surface area contributed by atoms with E-state index >= 15 is 0 Å². The summed E-state index contributed by atoms with van der Waals surface area (Å²) in [5, 5.41) is 32.6. The molecule has 0 unspecified atom stereocenters. The number of thiol groups is 1. The van der Waals surface area contributed by atoms with Crippen molar-refractivity contribution in [1.82, 2.24) is 0 Å². The molecule has 0 fully saturated rings. The van der Waals surface area contributed by atoms with Gasteiger partial charge in [-0.05, 0) is 24.9 Å². The van der Waals surface area contributed by atoms with Crippen molar-refractivity contribution in [3.05, 3.63) is 0 Å². The topological polar surface area (TPSA) is 227 Å². The highest BCUT2D eigenvalue weighted by Gasteiger charge is 2.12. The van der Waals surface area contributed by atoms with Crippen LogP contribution in [0.3, 0.4) is 0 Å². The van der Waals surface area contributed by atoms with E-state index in [0.717, 1.165) is 5.75 Å². The van der Waals surface area contributed by atoms with Crippen molar-refractivity contribution in [1.29, 1.82) is 0 Å². The molecule has 3 atom stereocenters. The van der Waals surface area contributed by atoms with Gasteiger partial charge >= 0.3 is 23.9 Å². The van der Waals surface area contributed by atoms with Crippen LogP contribution < -0.4 is 17.2 Å². The van der Waals surface area contributed by atoms with E-state index in [1.165, 1.54) is 0 Å². The van der Waals surface area contributed by atoms with Gasteiger partial charge in [0.05, 0.1) is 0 Å². The lowest BCUT2D eigenvalue weighted by Crippen LogP contribution is -2.31. The summed E-state index contributed by atoms with van der Waals surface area (Å²) in [7, 11) is 0. The zero-order valence-electron chi connectivity index (χ0n) is 14.3. The average Bonchev–Trinajstić information content (AvgIpc) is 2.57. The van der Waals surface area contributed by atoms with Gasteiger partial charge in [-0.3, -0.25) is 19.2 Å². The number of carboxylic acids is 4. The molecule has 0 spiro atoms. The van der Waals surface area contributed by atoms with E-state index in [2.05, 4.69) is 12.6 Å². The molecule has 0 amide bonds. The van der Waals surface area contributed by atoms with Gasteiger partial charge in [0.2, 0.25) is 0 Å². The molecule has 10 N–H and O–H groups in total. The average molecular weight is 418 g/mol. The molecule has 0 saturated carbocycles. The number of hydrogen-bond donors (Lipinski definition) is 8. The molecule has 0 aliphatic carbocycles. The van der Waals surface area contributed by atoms with E-state index in [9.17, 15) is 19.2 Å². The molecule has 26 heavy (non-hydrogen) atoms. The van der Waals surface area contributed by atoms with Crippen LogP contribution in [0.5, 0.6) is 0 Å². The Morgan fingerprint density at radius 1 is 0.846 bits per heavy atom. The zero-order valence-corrected chi connectivity index (χ0v) is 16.0.